The van der Waals surface area contributed by atoms with Crippen LogP contribution in [0, 0.1) is 0 Å². The molecule has 1 amide bonds. The van der Waals surface area contributed by atoms with Gasteiger partial charge in [0, 0.05) is 25.0 Å². The molecule has 0 atom stereocenters. The summed E-state index contributed by atoms with van der Waals surface area (Å²) < 4.78 is 23.4. The zero-order chi connectivity index (χ0) is 15.5. The van der Waals surface area contributed by atoms with Crippen LogP contribution in [0.1, 0.15) is 12.0 Å². The van der Waals surface area contributed by atoms with Gasteiger partial charge in [0.1, 0.15) is 0 Å². The zero-order valence-electron chi connectivity index (χ0n) is 12.1. The van der Waals surface area contributed by atoms with Gasteiger partial charge in [0.15, 0.2) is 9.84 Å². The fourth-order valence-corrected chi connectivity index (χ4v) is 3.08. The van der Waals surface area contributed by atoms with Gasteiger partial charge in [-0.3, -0.25) is 4.79 Å². The lowest BCUT2D eigenvalue weighted by molar-refractivity contribution is -0.119. The first-order valence-corrected chi connectivity index (χ1v) is 8.76. The number of fused-ring (bicyclic) bond motifs is 1. The van der Waals surface area contributed by atoms with E-state index < -0.39 is 9.84 Å². The summed E-state index contributed by atoms with van der Waals surface area (Å²) in [7, 11) is -3.24. The van der Waals surface area contributed by atoms with Crippen molar-refractivity contribution < 1.29 is 13.2 Å². The van der Waals surface area contributed by atoms with E-state index in [1.807, 2.05) is 11.0 Å². The van der Waals surface area contributed by atoms with E-state index in [2.05, 4.69) is 11.9 Å². The van der Waals surface area contributed by atoms with Crippen LogP contribution >= 0.6 is 0 Å². The molecule has 1 aromatic carbocycles. The maximum Gasteiger partial charge on any atom is 0.239 e. The number of anilines is 1. The average Bonchev–Trinajstić information content (AvgIpc) is 2.44. The Morgan fingerprint density at radius 3 is 2.90 bits per heavy atom. The molecule has 1 heterocycles. The number of rotatable bonds is 5. The normalized spacial score (nSPS) is 14.4. The molecule has 114 valence electrons. The lowest BCUT2D eigenvalue weighted by atomic mass is 10.0. The molecule has 0 saturated carbocycles. The summed E-state index contributed by atoms with van der Waals surface area (Å²) in [5.41, 5.74) is 1.93. The SMILES string of the molecule is C=CCNC(=O)CN1CCCc2ccc(S(C)(=O)=O)cc21. The molecule has 1 aliphatic rings. The van der Waals surface area contributed by atoms with E-state index in [4.69, 9.17) is 0 Å². The quantitative estimate of drug-likeness (QED) is 0.829. The van der Waals surface area contributed by atoms with Crippen molar-refractivity contribution in [2.24, 2.45) is 0 Å². The second-order valence-electron chi connectivity index (χ2n) is 5.18. The van der Waals surface area contributed by atoms with Crippen molar-refractivity contribution in [2.75, 3.05) is 30.8 Å². The molecule has 0 fully saturated rings. The Hall–Kier alpha value is -1.82. The molecule has 0 unspecified atom stereocenters. The van der Waals surface area contributed by atoms with Gasteiger partial charge < -0.3 is 10.2 Å². The van der Waals surface area contributed by atoms with Gasteiger partial charge in [-0.05, 0) is 30.5 Å². The number of hydrogen-bond donors (Lipinski definition) is 1. The number of hydrogen-bond acceptors (Lipinski definition) is 4. The number of aryl methyl sites for hydroxylation is 1. The van der Waals surface area contributed by atoms with Gasteiger partial charge in [0.05, 0.1) is 11.4 Å². The summed E-state index contributed by atoms with van der Waals surface area (Å²) >= 11 is 0. The van der Waals surface area contributed by atoms with Crippen molar-refractivity contribution in [3.63, 3.8) is 0 Å². The summed E-state index contributed by atoms with van der Waals surface area (Å²) in [5, 5.41) is 2.74. The van der Waals surface area contributed by atoms with Gasteiger partial charge in [-0.2, -0.15) is 0 Å². The Morgan fingerprint density at radius 1 is 1.48 bits per heavy atom. The van der Waals surface area contributed by atoms with Crippen LogP contribution < -0.4 is 10.2 Å². The van der Waals surface area contributed by atoms with Crippen molar-refractivity contribution in [3.05, 3.63) is 36.4 Å². The lowest BCUT2D eigenvalue weighted by Gasteiger charge is -2.31. The fraction of sp³-hybridized carbons (Fsp3) is 0.400. The van der Waals surface area contributed by atoms with Gasteiger partial charge >= 0.3 is 0 Å². The van der Waals surface area contributed by atoms with Crippen LogP contribution in [-0.2, 0) is 21.1 Å². The minimum Gasteiger partial charge on any atom is -0.362 e. The largest absolute Gasteiger partial charge is 0.362 e. The standard InChI is InChI=1S/C15H20N2O3S/c1-3-8-16-15(18)11-17-9-4-5-12-6-7-13(10-14(12)17)21(2,19)20/h3,6-7,10H,1,4-5,8-9,11H2,2H3,(H,16,18). The number of carbonyl (C=O) groups is 1. The van der Waals surface area contributed by atoms with Gasteiger partial charge in [0.2, 0.25) is 5.91 Å². The van der Waals surface area contributed by atoms with Crippen molar-refractivity contribution >= 4 is 21.4 Å². The van der Waals surface area contributed by atoms with Crippen LogP contribution in [0.15, 0.2) is 35.7 Å². The summed E-state index contributed by atoms with van der Waals surface area (Å²) in [6, 6.07) is 5.15. The van der Waals surface area contributed by atoms with E-state index >= 15 is 0 Å². The first-order valence-electron chi connectivity index (χ1n) is 6.87. The highest BCUT2D eigenvalue weighted by molar-refractivity contribution is 7.90. The Morgan fingerprint density at radius 2 is 2.24 bits per heavy atom. The van der Waals surface area contributed by atoms with Crippen LogP contribution in [0.5, 0.6) is 0 Å². The highest BCUT2D eigenvalue weighted by atomic mass is 32.2. The molecule has 21 heavy (non-hydrogen) atoms. The van der Waals surface area contributed by atoms with Crippen LogP contribution in [0.2, 0.25) is 0 Å². The molecule has 0 saturated heterocycles. The fourth-order valence-electron chi connectivity index (χ4n) is 2.44. The summed E-state index contributed by atoms with van der Waals surface area (Å²) in [6.45, 7) is 4.97. The van der Waals surface area contributed by atoms with Crippen LogP contribution in [-0.4, -0.2) is 40.2 Å². The topological polar surface area (TPSA) is 66.5 Å². The Balaban J connectivity index is 2.25. The summed E-state index contributed by atoms with van der Waals surface area (Å²) in [6.07, 6.45) is 4.69. The highest BCUT2D eigenvalue weighted by Crippen LogP contribution is 2.29. The van der Waals surface area contributed by atoms with Crippen molar-refractivity contribution in [1.29, 1.82) is 0 Å². The van der Waals surface area contributed by atoms with Crippen molar-refractivity contribution in [1.82, 2.24) is 5.32 Å². The maximum atomic E-state index is 11.8. The van der Waals surface area contributed by atoms with E-state index in [1.54, 1.807) is 18.2 Å². The second kappa shape index (κ2) is 6.30. The first kappa shape index (κ1) is 15.6. The molecule has 0 aromatic heterocycles. The van der Waals surface area contributed by atoms with Gasteiger partial charge in [0.25, 0.3) is 0 Å². The Bertz CT molecular complexity index is 653. The molecule has 0 radical (unpaired) electrons. The predicted molar refractivity (Wildman–Crippen MR) is 83.3 cm³/mol. The number of nitrogens with zero attached hydrogens (tertiary/aromatic N) is 1. The Labute approximate surface area is 125 Å². The Kier molecular flexibility index (Phi) is 4.67. The number of amides is 1. The number of nitrogens with one attached hydrogen (secondary N) is 1. The molecule has 0 aliphatic carbocycles. The highest BCUT2D eigenvalue weighted by Gasteiger charge is 2.21. The average molecular weight is 308 g/mol. The molecule has 6 heteroatoms. The molecule has 1 aromatic rings. The van der Waals surface area contributed by atoms with Crippen LogP contribution in [0.3, 0.4) is 0 Å². The van der Waals surface area contributed by atoms with Gasteiger partial charge in [-0.15, -0.1) is 6.58 Å². The van der Waals surface area contributed by atoms with Crippen LogP contribution in [0.25, 0.3) is 0 Å². The molecule has 0 bridgehead atoms. The number of benzene rings is 1. The smallest absolute Gasteiger partial charge is 0.239 e. The third-order valence-electron chi connectivity index (χ3n) is 3.48. The van der Waals surface area contributed by atoms with E-state index in [-0.39, 0.29) is 12.5 Å². The third-order valence-corrected chi connectivity index (χ3v) is 4.59. The molecular weight excluding hydrogens is 288 g/mol. The molecule has 0 spiro atoms. The van der Waals surface area contributed by atoms with Crippen molar-refractivity contribution in [3.8, 4) is 0 Å². The number of sulfone groups is 1. The molecule has 1 N–H and O–H groups in total. The summed E-state index contributed by atoms with van der Waals surface area (Å²) in [5.74, 6) is -0.0903. The number of carbonyl (C=O) groups excluding carboxylic acids is 1. The van der Waals surface area contributed by atoms with E-state index in [0.717, 1.165) is 30.6 Å². The minimum absolute atomic E-state index is 0.0903. The van der Waals surface area contributed by atoms with E-state index in [0.29, 0.717) is 11.4 Å². The summed E-state index contributed by atoms with van der Waals surface area (Å²) in [4.78, 5) is 14.1. The first-order chi connectivity index (χ1) is 9.91. The maximum absolute atomic E-state index is 11.8. The second-order valence-corrected chi connectivity index (χ2v) is 7.20. The molecule has 1 aliphatic heterocycles. The predicted octanol–water partition coefficient (Wildman–Crippen LogP) is 1.14. The zero-order valence-corrected chi connectivity index (χ0v) is 12.9. The van der Waals surface area contributed by atoms with E-state index in [1.165, 1.54) is 6.26 Å². The molecule has 5 nitrogen and oxygen atoms in total. The minimum atomic E-state index is -3.24. The molecule has 2 rings (SSSR count). The van der Waals surface area contributed by atoms with Gasteiger partial charge in [-0.1, -0.05) is 12.1 Å². The van der Waals surface area contributed by atoms with Crippen molar-refractivity contribution in [2.45, 2.75) is 17.7 Å². The van der Waals surface area contributed by atoms with E-state index in [9.17, 15) is 13.2 Å². The third kappa shape index (κ3) is 3.85. The lowest BCUT2D eigenvalue weighted by Crippen LogP contribution is -2.39. The van der Waals surface area contributed by atoms with Gasteiger partial charge in [-0.25, -0.2) is 8.42 Å². The molecular formula is C15H20N2O3S. The van der Waals surface area contributed by atoms with Crippen LogP contribution in [0.4, 0.5) is 5.69 Å². The monoisotopic (exact) mass is 308 g/mol.